The molecule has 0 aromatic carbocycles. The second kappa shape index (κ2) is 6.26. The molecule has 1 aromatic heterocycles. The first-order chi connectivity index (χ1) is 7.60. The van der Waals surface area contributed by atoms with E-state index in [-0.39, 0.29) is 6.04 Å². The second-order valence-electron chi connectivity index (χ2n) is 4.46. The van der Waals surface area contributed by atoms with Gasteiger partial charge in [0.05, 0.1) is 16.9 Å². The maximum atomic E-state index is 6.20. The Bertz CT molecular complexity index is 322. The molecule has 4 heteroatoms. The fourth-order valence-corrected chi connectivity index (χ4v) is 2.12. The van der Waals surface area contributed by atoms with Crippen molar-refractivity contribution in [3.05, 3.63) is 16.9 Å². The molecule has 0 aliphatic heterocycles. The van der Waals surface area contributed by atoms with E-state index in [0.717, 1.165) is 31.5 Å². The van der Waals surface area contributed by atoms with Gasteiger partial charge in [0.15, 0.2) is 0 Å². The minimum atomic E-state index is -0.00324. The molecule has 1 heterocycles. The highest BCUT2D eigenvalue weighted by Crippen LogP contribution is 2.26. The number of hydrogen-bond donors (Lipinski definition) is 1. The molecule has 0 saturated carbocycles. The molecule has 0 spiro atoms. The zero-order valence-corrected chi connectivity index (χ0v) is 11.2. The maximum Gasteiger partial charge on any atom is 0.0834 e. The van der Waals surface area contributed by atoms with Crippen molar-refractivity contribution < 1.29 is 0 Å². The SMILES string of the molecule is CCCn1ncc(Cl)c1C(N)CC(C)CC. The van der Waals surface area contributed by atoms with Crippen LogP contribution in [0, 0.1) is 5.92 Å². The van der Waals surface area contributed by atoms with Gasteiger partial charge in [-0.25, -0.2) is 0 Å². The molecular formula is C12H22ClN3. The van der Waals surface area contributed by atoms with Gasteiger partial charge >= 0.3 is 0 Å². The summed E-state index contributed by atoms with van der Waals surface area (Å²) >= 11 is 6.14. The van der Waals surface area contributed by atoms with E-state index in [1.54, 1.807) is 6.20 Å². The standard InChI is InChI=1S/C12H22ClN3/c1-4-6-16-12(10(13)8-15-16)11(14)7-9(3)5-2/h8-9,11H,4-7,14H2,1-3H3. The maximum absolute atomic E-state index is 6.20. The number of rotatable bonds is 6. The Hall–Kier alpha value is -0.540. The van der Waals surface area contributed by atoms with E-state index >= 15 is 0 Å². The number of aromatic nitrogens is 2. The Morgan fingerprint density at radius 3 is 2.75 bits per heavy atom. The van der Waals surface area contributed by atoms with E-state index in [0.29, 0.717) is 10.9 Å². The van der Waals surface area contributed by atoms with Crippen molar-refractivity contribution in [1.82, 2.24) is 9.78 Å². The Morgan fingerprint density at radius 1 is 1.50 bits per heavy atom. The third-order valence-electron chi connectivity index (χ3n) is 2.97. The van der Waals surface area contributed by atoms with Crippen molar-refractivity contribution in [2.75, 3.05) is 0 Å². The van der Waals surface area contributed by atoms with Crippen molar-refractivity contribution in [2.24, 2.45) is 11.7 Å². The molecular weight excluding hydrogens is 222 g/mol. The van der Waals surface area contributed by atoms with Gasteiger partial charge in [-0.15, -0.1) is 0 Å². The largest absolute Gasteiger partial charge is 0.323 e. The molecule has 3 nitrogen and oxygen atoms in total. The lowest BCUT2D eigenvalue weighted by molar-refractivity contribution is 0.435. The van der Waals surface area contributed by atoms with Crippen LogP contribution in [0.25, 0.3) is 0 Å². The molecule has 0 radical (unpaired) electrons. The predicted molar refractivity (Wildman–Crippen MR) is 68.5 cm³/mol. The van der Waals surface area contributed by atoms with Crippen LogP contribution in [0.1, 0.15) is 51.8 Å². The number of hydrogen-bond acceptors (Lipinski definition) is 2. The first kappa shape index (κ1) is 13.5. The van der Waals surface area contributed by atoms with Crippen LogP contribution in [-0.4, -0.2) is 9.78 Å². The van der Waals surface area contributed by atoms with Crippen molar-refractivity contribution in [3.8, 4) is 0 Å². The molecule has 92 valence electrons. The van der Waals surface area contributed by atoms with Gasteiger partial charge in [-0.3, -0.25) is 4.68 Å². The molecule has 0 aliphatic carbocycles. The highest BCUT2D eigenvalue weighted by atomic mass is 35.5. The number of halogens is 1. The van der Waals surface area contributed by atoms with Gasteiger partial charge in [-0.2, -0.15) is 5.10 Å². The second-order valence-corrected chi connectivity index (χ2v) is 4.86. The topological polar surface area (TPSA) is 43.8 Å². The molecule has 2 unspecified atom stereocenters. The number of nitrogens with zero attached hydrogens (tertiary/aromatic N) is 2. The monoisotopic (exact) mass is 243 g/mol. The van der Waals surface area contributed by atoms with Crippen LogP contribution in [0.5, 0.6) is 0 Å². The fourth-order valence-electron chi connectivity index (χ4n) is 1.84. The molecule has 0 bridgehead atoms. The summed E-state index contributed by atoms with van der Waals surface area (Å²) in [6.07, 6.45) is 4.85. The van der Waals surface area contributed by atoms with Gasteiger partial charge < -0.3 is 5.73 Å². The molecule has 0 aliphatic rings. The minimum absolute atomic E-state index is 0.00324. The summed E-state index contributed by atoms with van der Waals surface area (Å²) in [6.45, 7) is 7.41. The summed E-state index contributed by atoms with van der Waals surface area (Å²) in [6, 6.07) is -0.00324. The van der Waals surface area contributed by atoms with Crippen LogP contribution in [0.15, 0.2) is 6.20 Å². The summed E-state index contributed by atoms with van der Waals surface area (Å²) in [4.78, 5) is 0. The normalized spacial score (nSPS) is 15.1. The third kappa shape index (κ3) is 3.22. The lowest BCUT2D eigenvalue weighted by atomic mass is 9.98. The van der Waals surface area contributed by atoms with E-state index in [1.165, 1.54) is 0 Å². The van der Waals surface area contributed by atoms with E-state index in [2.05, 4.69) is 25.9 Å². The average molecular weight is 244 g/mol. The highest BCUT2D eigenvalue weighted by molar-refractivity contribution is 6.31. The Balaban J connectivity index is 2.80. The first-order valence-electron chi connectivity index (χ1n) is 6.06. The third-order valence-corrected chi connectivity index (χ3v) is 3.26. The Labute approximate surface area is 103 Å². The van der Waals surface area contributed by atoms with Gasteiger partial charge in [0.2, 0.25) is 0 Å². The van der Waals surface area contributed by atoms with E-state index in [4.69, 9.17) is 17.3 Å². The lowest BCUT2D eigenvalue weighted by Crippen LogP contribution is -2.19. The summed E-state index contributed by atoms with van der Waals surface area (Å²) in [5.41, 5.74) is 7.19. The van der Waals surface area contributed by atoms with Crippen molar-refractivity contribution >= 4 is 11.6 Å². The van der Waals surface area contributed by atoms with Gasteiger partial charge in [-0.05, 0) is 18.8 Å². The molecule has 2 N–H and O–H groups in total. The minimum Gasteiger partial charge on any atom is -0.323 e. The fraction of sp³-hybridized carbons (Fsp3) is 0.750. The van der Waals surface area contributed by atoms with Crippen LogP contribution >= 0.6 is 11.6 Å². The van der Waals surface area contributed by atoms with Crippen molar-refractivity contribution in [2.45, 2.75) is 52.6 Å². The predicted octanol–water partition coefficient (Wildman–Crippen LogP) is 3.38. The molecule has 0 amide bonds. The zero-order valence-electron chi connectivity index (χ0n) is 10.4. The van der Waals surface area contributed by atoms with Crippen LogP contribution in [-0.2, 0) is 6.54 Å². The van der Waals surface area contributed by atoms with Crippen LogP contribution < -0.4 is 5.73 Å². The van der Waals surface area contributed by atoms with Crippen molar-refractivity contribution in [3.63, 3.8) is 0 Å². The summed E-state index contributed by atoms with van der Waals surface area (Å²) in [5.74, 6) is 0.621. The van der Waals surface area contributed by atoms with Gasteiger partial charge in [0.1, 0.15) is 0 Å². The smallest absolute Gasteiger partial charge is 0.0834 e. The van der Waals surface area contributed by atoms with Crippen LogP contribution in [0.3, 0.4) is 0 Å². The number of nitrogens with two attached hydrogens (primary N) is 1. The van der Waals surface area contributed by atoms with Crippen LogP contribution in [0.2, 0.25) is 5.02 Å². The molecule has 1 aromatic rings. The summed E-state index contributed by atoms with van der Waals surface area (Å²) in [7, 11) is 0. The van der Waals surface area contributed by atoms with Crippen molar-refractivity contribution in [1.29, 1.82) is 0 Å². The van der Waals surface area contributed by atoms with Crippen LogP contribution in [0.4, 0.5) is 0 Å². The summed E-state index contributed by atoms with van der Waals surface area (Å²) < 4.78 is 1.94. The van der Waals surface area contributed by atoms with Gasteiger partial charge in [0.25, 0.3) is 0 Å². The summed E-state index contributed by atoms with van der Waals surface area (Å²) in [5, 5.41) is 4.96. The zero-order chi connectivity index (χ0) is 12.1. The molecule has 0 saturated heterocycles. The quantitative estimate of drug-likeness (QED) is 0.833. The molecule has 0 fully saturated rings. The lowest BCUT2D eigenvalue weighted by Gasteiger charge is -2.18. The highest BCUT2D eigenvalue weighted by Gasteiger charge is 2.18. The Kier molecular flexibility index (Phi) is 5.29. The first-order valence-corrected chi connectivity index (χ1v) is 6.44. The van der Waals surface area contributed by atoms with Gasteiger partial charge in [0, 0.05) is 12.6 Å². The van der Waals surface area contributed by atoms with E-state index < -0.39 is 0 Å². The molecule has 16 heavy (non-hydrogen) atoms. The Morgan fingerprint density at radius 2 is 2.19 bits per heavy atom. The van der Waals surface area contributed by atoms with Gasteiger partial charge in [-0.1, -0.05) is 38.8 Å². The van der Waals surface area contributed by atoms with E-state index in [1.807, 2.05) is 4.68 Å². The molecule has 2 atom stereocenters. The molecule has 1 rings (SSSR count). The van der Waals surface area contributed by atoms with E-state index in [9.17, 15) is 0 Å². The number of aryl methyl sites for hydroxylation is 1. The average Bonchev–Trinajstić information content (AvgIpc) is 2.60.